The van der Waals surface area contributed by atoms with Crippen LogP contribution in [0, 0.1) is 6.92 Å². The highest BCUT2D eigenvalue weighted by Crippen LogP contribution is 2.32. The van der Waals surface area contributed by atoms with Crippen LogP contribution in [-0.4, -0.2) is 17.1 Å². The Morgan fingerprint density at radius 2 is 2.31 bits per heavy atom. The molecule has 0 aliphatic rings. The molecule has 2 rings (SSSR count). The molecule has 0 radical (unpaired) electrons. The number of rotatable bonds is 1. The van der Waals surface area contributed by atoms with Gasteiger partial charge < -0.3 is 9.72 Å². The van der Waals surface area contributed by atoms with Gasteiger partial charge in [-0.2, -0.15) is 0 Å². The average Bonchev–Trinajstić information content (AvgIpc) is 2.43. The van der Waals surface area contributed by atoms with Gasteiger partial charge in [-0.25, -0.2) is 4.98 Å². The molecular formula is C9H9ClN2O. The van der Waals surface area contributed by atoms with Crippen LogP contribution in [0.15, 0.2) is 12.3 Å². The molecule has 0 fully saturated rings. The topological polar surface area (TPSA) is 37.9 Å². The van der Waals surface area contributed by atoms with Gasteiger partial charge in [0.1, 0.15) is 0 Å². The molecule has 4 heteroatoms. The van der Waals surface area contributed by atoms with Crippen molar-refractivity contribution in [2.24, 2.45) is 0 Å². The van der Waals surface area contributed by atoms with Crippen molar-refractivity contribution in [2.45, 2.75) is 6.92 Å². The van der Waals surface area contributed by atoms with Gasteiger partial charge >= 0.3 is 0 Å². The minimum atomic E-state index is 0.562. The maximum Gasteiger partial charge on any atom is 0.224 e. The summed E-state index contributed by atoms with van der Waals surface area (Å²) in [6.45, 7) is 1.92. The molecule has 0 amide bonds. The summed E-state index contributed by atoms with van der Waals surface area (Å²) in [5, 5.41) is 1.53. The van der Waals surface area contributed by atoms with Gasteiger partial charge in [0.05, 0.1) is 23.0 Å². The summed E-state index contributed by atoms with van der Waals surface area (Å²) in [5.74, 6) is 0.562. The van der Waals surface area contributed by atoms with Crippen LogP contribution in [0.5, 0.6) is 5.88 Å². The minimum absolute atomic E-state index is 0.562. The van der Waals surface area contributed by atoms with Crippen LogP contribution in [0.2, 0.25) is 5.02 Å². The second kappa shape index (κ2) is 2.92. The monoisotopic (exact) mass is 196 g/mol. The summed E-state index contributed by atoms with van der Waals surface area (Å²) < 4.78 is 5.11. The molecule has 2 aromatic rings. The molecule has 0 aromatic carbocycles. The summed E-state index contributed by atoms with van der Waals surface area (Å²) >= 11 is 6.07. The molecule has 1 N–H and O–H groups in total. The molecule has 0 atom stereocenters. The number of aromatic nitrogens is 2. The van der Waals surface area contributed by atoms with E-state index in [0.29, 0.717) is 10.9 Å². The zero-order chi connectivity index (χ0) is 9.42. The van der Waals surface area contributed by atoms with E-state index in [4.69, 9.17) is 16.3 Å². The lowest BCUT2D eigenvalue weighted by atomic mass is 10.3. The molecule has 0 saturated heterocycles. The number of ether oxygens (including phenoxy) is 1. The predicted octanol–water partition coefficient (Wildman–Crippen LogP) is 2.53. The Hall–Kier alpha value is -1.22. The summed E-state index contributed by atoms with van der Waals surface area (Å²) in [4.78, 5) is 7.22. The molecule has 68 valence electrons. The highest BCUT2D eigenvalue weighted by atomic mass is 35.5. The Morgan fingerprint density at radius 3 is 3.00 bits per heavy atom. The third-order valence-electron chi connectivity index (χ3n) is 1.98. The third kappa shape index (κ3) is 1.16. The summed E-state index contributed by atoms with van der Waals surface area (Å²) in [5.41, 5.74) is 1.89. The minimum Gasteiger partial charge on any atom is -0.480 e. The molecule has 0 spiro atoms. The summed E-state index contributed by atoms with van der Waals surface area (Å²) in [7, 11) is 1.58. The van der Waals surface area contributed by atoms with Gasteiger partial charge in [-0.05, 0) is 13.0 Å². The van der Waals surface area contributed by atoms with E-state index >= 15 is 0 Å². The summed E-state index contributed by atoms with van der Waals surface area (Å²) in [6.07, 6.45) is 1.69. The van der Waals surface area contributed by atoms with E-state index in [1.165, 1.54) is 0 Å². The largest absolute Gasteiger partial charge is 0.480 e. The number of halogens is 1. The Bertz CT molecular complexity index is 450. The number of aromatic amines is 1. The van der Waals surface area contributed by atoms with Crippen molar-refractivity contribution in [3.05, 3.63) is 23.0 Å². The summed E-state index contributed by atoms with van der Waals surface area (Å²) in [6, 6.07) is 1.87. The molecule has 13 heavy (non-hydrogen) atoms. The van der Waals surface area contributed by atoms with Crippen LogP contribution >= 0.6 is 11.6 Å². The van der Waals surface area contributed by atoms with E-state index in [0.717, 1.165) is 16.6 Å². The standard InChI is InChI=1S/C9H9ClN2O/c1-5-8(10)7-6(12-5)3-4-11-9(7)13-2/h3-4,12H,1-2H3. The molecule has 2 heterocycles. The van der Waals surface area contributed by atoms with Gasteiger partial charge in [-0.1, -0.05) is 11.6 Å². The van der Waals surface area contributed by atoms with Crippen LogP contribution in [0.25, 0.3) is 10.9 Å². The van der Waals surface area contributed by atoms with Crippen molar-refractivity contribution in [1.82, 2.24) is 9.97 Å². The number of hydrogen-bond donors (Lipinski definition) is 1. The smallest absolute Gasteiger partial charge is 0.224 e. The van der Waals surface area contributed by atoms with Crippen LogP contribution in [0.3, 0.4) is 0 Å². The maximum atomic E-state index is 6.07. The fourth-order valence-corrected chi connectivity index (χ4v) is 1.59. The van der Waals surface area contributed by atoms with E-state index < -0.39 is 0 Å². The molecular weight excluding hydrogens is 188 g/mol. The van der Waals surface area contributed by atoms with Crippen molar-refractivity contribution < 1.29 is 4.74 Å². The highest BCUT2D eigenvalue weighted by molar-refractivity contribution is 6.36. The van der Waals surface area contributed by atoms with E-state index in [2.05, 4.69) is 9.97 Å². The second-order valence-electron chi connectivity index (χ2n) is 2.81. The van der Waals surface area contributed by atoms with E-state index in [-0.39, 0.29) is 0 Å². The Labute approximate surface area is 80.7 Å². The van der Waals surface area contributed by atoms with Gasteiger partial charge in [0.15, 0.2) is 0 Å². The molecule has 0 aliphatic carbocycles. The molecule has 3 nitrogen and oxygen atoms in total. The fourth-order valence-electron chi connectivity index (χ4n) is 1.36. The Balaban J connectivity index is 2.87. The van der Waals surface area contributed by atoms with Crippen LogP contribution in [-0.2, 0) is 0 Å². The van der Waals surface area contributed by atoms with Crippen molar-refractivity contribution in [1.29, 1.82) is 0 Å². The zero-order valence-corrected chi connectivity index (χ0v) is 8.14. The van der Waals surface area contributed by atoms with Gasteiger partial charge in [0.25, 0.3) is 0 Å². The zero-order valence-electron chi connectivity index (χ0n) is 7.39. The molecule has 0 unspecified atom stereocenters. The first-order chi connectivity index (χ1) is 6.24. The fraction of sp³-hybridized carbons (Fsp3) is 0.222. The molecule has 2 aromatic heterocycles. The lowest BCUT2D eigenvalue weighted by molar-refractivity contribution is 0.403. The van der Waals surface area contributed by atoms with Crippen molar-refractivity contribution in [3.63, 3.8) is 0 Å². The number of pyridine rings is 1. The lowest BCUT2D eigenvalue weighted by Crippen LogP contribution is -1.86. The number of nitrogens with one attached hydrogen (secondary N) is 1. The number of fused-ring (bicyclic) bond motifs is 1. The van der Waals surface area contributed by atoms with Crippen LogP contribution in [0.1, 0.15) is 5.69 Å². The van der Waals surface area contributed by atoms with E-state index in [1.807, 2.05) is 13.0 Å². The van der Waals surface area contributed by atoms with Gasteiger partial charge in [0.2, 0.25) is 5.88 Å². The number of nitrogens with zero attached hydrogens (tertiary/aromatic N) is 1. The Kier molecular flexibility index (Phi) is 1.88. The first-order valence-electron chi connectivity index (χ1n) is 3.91. The van der Waals surface area contributed by atoms with E-state index in [9.17, 15) is 0 Å². The Morgan fingerprint density at radius 1 is 1.54 bits per heavy atom. The SMILES string of the molecule is COc1nccc2[nH]c(C)c(Cl)c12. The highest BCUT2D eigenvalue weighted by Gasteiger charge is 2.11. The number of hydrogen-bond acceptors (Lipinski definition) is 2. The number of methoxy groups -OCH3 is 1. The first kappa shape index (κ1) is 8.38. The van der Waals surface area contributed by atoms with Crippen LogP contribution < -0.4 is 4.74 Å². The second-order valence-corrected chi connectivity index (χ2v) is 3.18. The first-order valence-corrected chi connectivity index (χ1v) is 4.28. The molecule has 0 aliphatic heterocycles. The quantitative estimate of drug-likeness (QED) is 0.761. The van der Waals surface area contributed by atoms with Crippen LogP contribution in [0.4, 0.5) is 0 Å². The van der Waals surface area contributed by atoms with Crippen molar-refractivity contribution >= 4 is 22.5 Å². The molecule has 0 bridgehead atoms. The number of aryl methyl sites for hydroxylation is 1. The number of H-pyrrole nitrogens is 1. The predicted molar refractivity (Wildman–Crippen MR) is 52.4 cm³/mol. The normalized spacial score (nSPS) is 10.7. The average molecular weight is 197 g/mol. The van der Waals surface area contributed by atoms with Gasteiger partial charge in [-0.15, -0.1) is 0 Å². The lowest BCUT2D eigenvalue weighted by Gasteiger charge is -1.99. The maximum absolute atomic E-state index is 6.07. The van der Waals surface area contributed by atoms with Crippen molar-refractivity contribution in [2.75, 3.05) is 7.11 Å². The van der Waals surface area contributed by atoms with E-state index in [1.54, 1.807) is 13.3 Å². The van der Waals surface area contributed by atoms with Crippen molar-refractivity contribution in [3.8, 4) is 5.88 Å². The van der Waals surface area contributed by atoms with Gasteiger partial charge in [0, 0.05) is 11.9 Å². The third-order valence-corrected chi connectivity index (χ3v) is 2.45. The van der Waals surface area contributed by atoms with Gasteiger partial charge in [-0.3, -0.25) is 0 Å². The molecule has 0 saturated carbocycles.